The highest BCUT2D eigenvalue weighted by Crippen LogP contribution is 2.38. The van der Waals surface area contributed by atoms with E-state index in [1.54, 1.807) is 18.8 Å². The lowest BCUT2D eigenvalue weighted by atomic mass is 10.0. The molecule has 0 fully saturated rings. The molecule has 12 heteroatoms. The second-order valence-corrected chi connectivity index (χ2v) is 13.7. The van der Waals surface area contributed by atoms with Gasteiger partial charge in [0.05, 0.1) is 17.7 Å². The number of halogens is 2. The third-order valence-electron chi connectivity index (χ3n) is 8.93. The second kappa shape index (κ2) is 16.6. The smallest absolute Gasteiger partial charge is 0.303 e. The van der Waals surface area contributed by atoms with Gasteiger partial charge in [-0.2, -0.15) is 5.10 Å². The maximum Gasteiger partial charge on any atom is 0.303 e. The van der Waals surface area contributed by atoms with Crippen molar-refractivity contribution >= 4 is 34.7 Å². The number of rotatable bonds is 8. The van der Waals surface area contributed by atoms with Crippen LogP contribution in [-0.2, 0) is 41.1 Å². The minimum atomic E-state index is -0.876. The van der Waals surface area contributed by atoms with Crippen LogP contribution in [0.2, 0.25) is 0 Å². The lowest BCUT2D eigenvalue weighted by Crippen LogP contribution is -2.11. The van der Waals surface area contributed by atoms with Crippen molar-refractivity contribution in [3.63, 3.8) is 0 Å². The molecule has 6 aromatic rings. The van der Waals surface area contributed by atoms with Crippen LogP contribution in [-0.4, -0.2) is 42.8 Å². The molecular weight excluding hydrogens is 699 g/mol. The average Bonchev–Trinajstić information content (AvgIpc) is 3.74. The molecule has 53 heavy (non-hydrogen) atoms. The maximum absolute atomic E-state index is 16.1. The number of hydrogen-bond donors (Lipinski definition) is 1. The number of hydrogen-bond acceptors (Lipinski definition) is 7. The summed E-state index contributed by atoms with van der Waals surface area (Å²) in [5, 5.41) is 16.6. The molecule has 0 amide bonds. The van der Waals surface area contributed by atoms with Gasteiger partial charge < -0.3 is 23.9 Å². The van der Waals surface area contributed by atoms with Crippen molar-refractivity contribution in [2.75, 3.05) is 12.4 Å². The van der Waals surface area contributed by atoms with Gasteiger partial charge in [-0.1, -0.05) is 54.6 Å². The summed E-state index contributed by atoms with van der Waals surface area (Å²) in [6.07, 6.45) is 5.00. The third kappa shape index (κ3) is 8.51. The van der Waals surface area contributed by atoms with E-state index in [4.69, 9.17) is 19.2 Å². The standard InChI is InChI=1S/C41H38F2N4O5S/c1-46-41-33-23-30(13-14-34(33)42)52-39-32(31-16-18-47(36(31)24-35(39)43)26-50-25-28-8-3-2-4-9-28)17-21-53-20-6-5-19-51-38(40(44-41)45-46)29-11-7-10-27(22-29)12-15-37(48)49/h2-4,7-11,13-14,16-18,21-24,38H,5-6,12,15,19-20,25-26H2,1H3,(H,48,49)/b21-17+. The normalized spacial score (nSPS) is 15.6. The van der Waals surface area contributed by atoms with Gasteiger partial charge in [-0.25, -0.2) is 18.4 Å². The summed E-state index contributed by atoms with van der Waals surface area (Å²) in [6.45, 7) is 1.06. The molecule has 4 bridgehead atoms. The van der Waals surface area contributed by atoms with Crippen LogP contribution in [0.15, 0.2) is 96.5 Å². The first kappa shape index (κ1) is 36.1. The Hall–Kier alpha value is -5.30. The summed E-state index contributed by atoms with van der Waals surface area (Å²) in [5.41, 5.74) is 3.99. The molecule has 0 saturated heterocycles. The zero-order valence-electron chi connectivity index (χ0n) is 29.1. The molecule has 0 radical (unpaired) electrons. The molecule has 2 aromatic heterocycles. The molecule has 1 aliphatic heterocycles. The van der Waals surface area contributed by atoms with E-state index in [1.165, 1.54) is 28.9 Å². The molecule has 1 unspecified atom stereocenters. The molecule has 1 atom stereocenters. The first-order chi connectivity index (χ1) is 25.8. The van der Waals surface area contributed by atoms with Crippen molar-refractivity contribution < 1.29 is 32.9 Å². The van der Waals surface area contributed by atoms with Gasteiger partial charge in [0, 0.05) is 43.3 Å². The molecule has 1 aliphatic rings. The Kier molecular flexibility index (Phi) is 11.3. The summed E-state index contributed by atoms with van der Waals surface area (Å²) in [4.78, 5) is 16.0. The highest BCUT2D eigenvalue weighted by Gasteiger charge is 2.25. The van der Waals surface area contributed by atoms with Gasteiger partial charge in [0.25, 0.3) is 0 Å². The Labute approximate surface area is 309 Å². The zero-order chi connectivity index (χ0) is 36.7. The largest absolute Gasteiger partial charge is 0.481 e. The van der Waals surface area contributed by atoms with E-state index in [1.807, 2.05) is 82.9 Å². The monoisotopic (exact) mass is 736 g/mol. The number of aryl methyl sites for hydroxylation is 2. The number of nitrogens with zero attached hydrogens (tertiary/aromatic N) is 4. The van der Waals surface area contributed by atoms with Gasteiger partial charge >= 0.3 is 5.97 Å². The molecule has 4 aromatic carbocycles. The molecule has 9 nitrogen and oxygen atoms in total. The Morgan fingerprint density at radius 1 is 1.00 bits per heavy atom. The molecule has 1 N–H and O–H groups in total. The summed E-state index contributed by atoms with van der Waals surface area (Å²) >= 11 is 1.60. The van der Waals surface area contributed by atoms with E-state index in [0.717, 1.165) is 40.7 Å². The highest BCUT2D eigenvalue weighted by molar-refractivity contribution is 8.02. The summed E-state index contributed by atoms with van der Waals surface area (Å²) < 4.78 is 53.6. The average molecular weight is 737 g/mol. The highest BCUT2D eigenvalue weighted by atomic mass is 32.2. The predicted molar refractivity (Wildman–Crippen MR) is 201 cm³/mol. The van der Waals surface area contributed by atoms with E-state index in [9.17, 15) is 9.90 Å². The fraction of sp³-hybridized carbons (Fsp3) is 0.244. The first-order valence-corrected chi connectivity index (χ1v) is 18.4. The third-order valence-corrected chi connectivity index (χ3v) is 9.78. The topological polar surface area (TPSA) is 101 Å². The Bertz CT molecular complexity index is 2250. The van der Waals surface area contributed by atoms with Crippen LogP contribution in [0.3, 0.4) is 0 Å². The SMILES string of the molecule is Cn1nc2nc1-c1cc(ccc1F)Oc1c(F)cc3c(ccn3COCc3ccccc3)c1/C=C/SCCCCOC2c1cccc(CCC(=O)O)c1. The number of ether oxygens (including phenoxy) is 3. The Balaban J connectivity index is 1.23. The van der Waals surface area contributed by atoms with Gasteiger partial charge in [-0.3, -0.25) is 4.79 Å². The molecule has 7 rings (SSSR count). The quantitative estimate of drug-likeness (QED) is 0.165. The fourth-order valence-electron chi connectivity index (χ4n) is 6.29. The van der Waals surface area contributed by atoms with Gasteiger partial charge in [0.1, 0.15) is 24.4 Å². The van der Waals surface area contributed by atoms with Crippen LogP contribution in [0.1, 0.15) is 53.4 Å². The van der Waals surface area contributed by atoms with Crippen molar-refractivity contribution in [1.29, 1.82) is 0 Å². The van der Waals surface area contributed by atoms with Crippen molar-refractivity contribution in [3.05, 3.63) is 136 Å². The Morgan fingerprint density at radius 2 is 1.85 bits per heavy atom. The van der Waals surface area contributed by atoms with E-state index < -0.39 is 23.7 Å². The summed E-state index contributed by atoms with van der Waals surface area (Å²) in [7, 11) is 1.67. The van der Waals surface area contributed by atoms with Gasteiger partial charge in [0.2, 0.25) is 0 Å². The van der Waals surface area contributed by atoms with Crippen LogP contribution in [0, 0.1) is 11.6 Å². The van der Waals surface area contributed by atoms with Gasteiger partial charge in [-0.15, -0.1) is 11.8 Å². The van der Waals surface area contributed by atoms with Gasteiger partial charge in [-0.05, 0) is 77.5 Å². The molecule has 0 saturated carbocycles. The summed E-state index contributed by atoms with van der Waals surface area (Å²) in [6, 6.07) is 24.9. The number of carboxylic acid groups (broad SMARTS) is 1. The fourth-order valence-corrected chi connectivity index (χ4v) is 7.03. The van der Waals surface area contributed by atoms with Gasteiger partial charge in [0.15, 0.2) is 23.2 Å². The molecule has 0 aliphatic carbocycles. The number of thioether (sulfide) groups is 1. The van der Waals surface area contributed by atoms with Crippen LogP contribution >= 0.6 is 11.8 Å². The zero-order valence-corrected chi connectivity index (χ0v) is 29.9. The number of aliphatic carboxylic acids is 1. The minimum absolute atomic E-state index is 0.000902. The van der Waals surface area contributed by atoms with E-state index >= 15 is 8.78 Å². The number of aromatic nitrogens is 4. The number of benzene rings is 4. The van der Waals surface area contributed by atoms with E-state index in [-0.39, 0.29) is 36.0 Å². The van der Waals surface area contributed by atoms with Crippen LogP contribution in [0.4, 0.5) is 8.78 Å². The number of carbonyl (C=O) groups is 1. The van der Waals surface area contributed by atoms with Crippen LogP contribution < -0.4 is 4.74 Å². The summed E-state index contributed by atoms with van der Waals surface area (Å²) in [5.74, 6) is -0.399. The van der Waals surface area contributed by atoms with Crippen molar-refractivity contribution in [3.8, 4) is 22.9 Å². The molecule has 3 heterocycles. The van der Waals surface area contributed by atoms with Crippen molar-refractivity contribution in [2.45, 2.75) is 45.1 Å². The molecule has 0 spiro atoms. The number of fused-ring (bicyclic) bond motifs is 8. The van der Waals surface area contributed by atoms with Crippen molar-refractivity contribution in [2.24, 2.45) is 7.05 Å². The first-order valence-electron chi connectivity index (χ1n) is 17.4. The maximum atomic E-state index is 16.1. The van der Waals surface area contributed by atoms with Crippen LogP contribution in [0.25, 0.3) is 28.4 Å². The molecular formula is C41H38F2N4O5S. The van der Waals surface area contributed by atoms with Crippen LogP contribution in [0.5, 0.6) is 11.5 Å². The number of carboxylic acids is 1. The van der Waals surface area contributed by atoms with E-state index in [0.29, 0.717) is 36.5 Å². The predicted octanol–water partition coefficient (Wildman–Crippen LogP) is 9.30. The Morgan fingerprint density at radius 3 is 2.70 bits per heavy atom. The second-order valence-electron chi connectivity index (χ2n) is 12.7. The lowest BCUT2D eigenvalue weighted by Gasteiger charge is -2.17. The lowest BCUT2D eigenvalue weighted by molar-refractivity contribution is -0.136. The van der Waals surface area contributed by atoms with E-state index in [2.05, 4.69) is 5.10 Å². The minimum Gasteiger partial charge on any atom is -0.481 e. The molecule has 272 valence electrons. The van der Waals surface area contributed by atoms with Crippen molar-refractivity contribution in [1.82, 2.24) is 19.3 Å².